The first-order chi connectivity index (χ1) is 15.3. The Morgan fingerprint density at radius 1 is 1.31 bits per heavy atom. The van der Waals surface area contributed by atoms with E-state index in [9.17, 15) is 9.59 Å². The van der Waals surface area contributed by atoms with E-state index in [4.69, 9.17) is 4.99 Å². The highest BCUT2D eigenvalue weighted by molar-refractivity contribution is 6.05. The number of dihydropyridines is 1. The largest absolute Gasteiger partial charge is 0.379 e. The number of carbonyl (C=O) groups excluding carboxylic acids is 2. The van der Waals surface area contributed by atoms with Gasteiger partial charge in [0.25, 0.3) is 0 Å². The van der Waals surface area contributed by atoms with Crippen molar-refractivity contribution < 1.29 is 9.59 Å². The molecule has 2 aliphatic heterocycles. The normalized spacial score (nSPS) is 21.0. The van der Waals surface area contributed by atoms with Crippen LogP contribution in [-0.2, 0) is 22.6 Å². The molecule has 0 saturated heterocycles. The van der Waals surface area contributed by atoms with Gasteiger partial charge in [0.1, 0.15) is 5.54 Å². The highest BCUT2D eigenvalue weighted by Crippen LogP contribution is 2.34. The second kappa shape index (κ2) is 10.9. The Morgan fingerprint density at radius 3 is 2.84 bits per heavy atom. The third kappa shape index (κ3) is 5.84. The van der Waals surface area contributed by atoms with Crippen LogP contribution in [0.5, 0.6) is 0 Å². The number of likely N-dealkylation sites (N-methyl/N-ethyl adjacent to an activating group) is 1. The van der Waals surface area contributed by atoms with Crippen molar-refractivity contribution in [3.8, 4) is 0 Å². The predicted molar refractivity (Wildman–Crippen MR) is 130 cm³/mol. The molecule has 3 N–H and O–H groups in total. The maximum absolute atomic E-state index is 13.3. The van der Waals surface area contributed by atoms with Gasteiger partial charge in [-0.15, -0.1) is 0 Å². The molecule has 1 aromatic carbocycles. The summed E-state index contributed by atoms with van der Waals surface area (Å²) in [5.41, 5.74) is 2.51. The number of rotatable bonds is 10. The lowest BCUT2D eigenvalue weighted by Crippen LogP contribution is -2.54. The topological polar surface area (TPSA) is 85.8 Å². The Kier molecular flexibility index (Phi) is 8.21. The first-order valence-corrected chi connectivity index (χ1v) is 11.6. The van der Waals surface area contributed by atoms with Crippen molar-refractivity contribution in [1.82, 2.24) is 15.5 Å². The monoisotopic (exact) mass is 439 g/mol. The van der Waals surface area contributed by atoms with Gasteiger partial charge in [0, 0.05) is 38.0 Å². The number of aliphatic imine (C=N–C) groups is 1. The smallest absolute Gasteiger partial charge is 0.222 e. The number of allylic oxidation sites excluding steroid dienone is 1. The summed E-state index contributed by atoms with van der Waals surface area (Å²) in [6.45, 7) is 7.26. The van der Waals surface area contributed by atoms with E-state index in [1.54, 1.807) is 18.4 Å². The van der Waals surface area contributed by atoms with E-state index in [0.717, 1.165) is 31.7 Å². The second-order valence-corrected chi connectivity index (χ2v) is 9.45. The molecule has 3 rings (SSSR count). The van der Waals surface area contributed by atoms with E-state index in [2.05, 4.69) is 41.9 Å². The molecule has 0 bridgehead atoms. The zero-order chi connectivity index (χ0) is 23.1. The van der Waals surface area contributed by atoms with Crippen molar-refractivity contribution in [3.05, 3.63) is 41.5 Å². The summed E-state index contributed by atoms with van der Waals surface area (Å²) < 4.78 is 0. The molecule has 2 aliphatic rings. The van der Waals surface area contributed by atoms with E-state index in [1.165, 1.54) is 11.1 Å². The number of ketones is 1. The molecule has 174 valence electrons. The lowest BCUT2D eigenvalue weighted by molar-refractivity contribution is -0.123. The van der Waals surface area contributed by atoms with Crippen LogP contribution >= 0.6 is 0 Å². The lowest BCUT2D eigenvalue weighted by Gasteiger charge is -2.39. The van der Waals surface area contributed by atoms with Crippen LogP contribution in [0.25, 0.3) is 0 Å². The molecule has 1 amide bonds. The van der Waals surface area contributed by atoms with Gasteiger partial charge < -0.3 is 20.9 Å². The van der Waals surface area contributed by atoms with Gasteiger partial charge in [0.05, 0.1) is 6.04 Å². The Hall–Kier alpha value is -2.51. The fourth-order valence-corrected chi connectivity index (χ4v) is 4.56. The number of amides is 1. The average Bonchev–Trinajstić information content (AvgIpc) is 2.74. The molecule has 0 aliphatic carbocycles. The van der Waals surface area contributed by atoms with Gasteiger partial charge in [-0.25, -0.2) is 0 Å². The third-order valence-corrected chi connectivity index (χ3v) is 6.10. The summed E-state index contributed by atoms with van der Waals surface area (Å²) >= 11 is 0. The Morgan fingerprint density at radius 2 is 2.12 bits per heavy atom. The minimum Gasteiger partial charge on any atom is -0.379 e. The number of nitrogens with zero attached hydrogens (tertiary/aromatic N) is 2. The molecular weight excluding hydrogens is 402 g/mol. The number of benzene rings is 1. The van der Waals surface area contributed by atoms with Gasteiger partial charge in [-0.1, -0.05) is 26.0 Å². The maximum atomic E-state index is 13.3. The SMILES string of the molecule is CC(C)CC1(C(CC(=O)NCCN(C)C)Nc2cccc3c2CCNC3)N=CC=CC1=O. The minimum atomic E-state index is -1.00. The van der Waals surface area contributed by atoms with Gasteiger partial charge in [-0.05, 0) is 68.7 Å². The molecule has 0 aromatic heterocycles. The van der Waals surface area contributed by atoms with Crippen LogP contribution in [0.2, 0.25) is 0 Å². The van der Waals surface area contributed by atoms with Gasteiger partial charge in [0.2, 0.25) is 5.91 Å². The van der Waals surface area contributed by atoms with Crippen LogP contribution in [-0.4, -0.2) is 68.1 Å². The molecule has 0 radical (unpaired) electrons. The number of carbonyl (C=O) groups is 2. The first-order valence-electron chi connectivity index (χ1n) is 11.6. The van der Waals surface area contributed by atoms with E-state index in [1.807, 2.05) is 25.1 Å². The summed E-state index contributed by atoms with van der Waals surface area (Å²) in [5.74, 6) is 0.132. The number of hydrogen-bond acceptors (Lipinski definition) is 6. The molecular formula is C25H37N5O2. The summed E-state index contributed by atoms with van der Waals surface area (Å²) in [5, 5.41) is 10.0. The van der Waals surface area contributed by atoms with E-state index >= 15 is 0 Å². The fraction of sp³-hybridized carbons (Fsp3) is 0.560. The molecule has 0 saturated carbocycles. The standard InChI is InChI=1S/C25H37N5O2/c1-18(2)16-25(23(31)9-6-11-28-25)22(15-24(32)27-13-14-30(3)4)29-21-8-5-7-19-17-26-12-10-20(19)21/h5-9,11,18,22,26,29H,10,12-17H2,1-4H3,(H,27,32). The van der Waals surface area contributed by atoms with E-state index in [-0.39, 0.29) is 24.0 Å². The average molecular weight is 440 g/mol. The lowest BCUT2D eigenvalue weighted by atomic mass is 9.76. The molecule has 2 heterocycles. The molecule has 0 fully saturated rings. The Balaban J connectivity index is 1.92. The van der Waals surface area contributed by atoms with Crippen LogP contribution in [0.1, 0.15) is 37.8 Å². The Bertz CT molecular complexity index is 877. The van der Waals surface area contributed by atoms with Gasteiger partial charge >= 0.3 is 0 Å². The first kappa shape index (κ1) is 24.1. The molecule has 7 heteroatoms. The van der Waals surface area contributed by atoms with E-state index in [0.29, 0.717) is 13.0 Å². The number of nitrogens with one attached hydrogen (secondary N) is 3. The zero-order valence-corrected chi connectivity index (χ0v) is 19.8. The molecule has 2 atom stereocenters. The molecule has 0 spiro atoms. The zero-order valence-electron chi connectivity index (χ0n) is 19.8. The number of fused-ring (bicyclic) bond motifs is 1. The van der Waals surface area contributed by atoms with Crippen molar-refractivity contribution in [1.29, 1.82) is 0 Å². The van der Waals surface area contributed by atoms with Crippen LogP contribution in [0, 0.1) is 5.92 Å². The summed E-state index contributed by atoms with van der Waals surface area (Å²) in [7, 11) is 3.95. The molecule has 32 heavy (non-hydrogen) atoms. The van der Waals surface area contributed by atoms with Crippen LogP contribution in [0.15, 0.2) is 35.3 Å². The van der Waals surface area contributed by atoms with Crippen molar-refractivity contribution in [2.75, 3.05) is 39.0 Å². The summed E-state index contributed by atoms with van der Waals surface area (Å²) in [6, 6.07) is 5.77. The van der Waals surface area contributed by atoms with Crippen LogP contribution < -0.4 is 16.0 Å². The molecule has 1 aromatic rings. The number of hydrogen-bond donors (Lipinski definition) is 3. The minimum absolute atomic E-state index is 0.0428. The van der Waals surface area contributed by atoms with Gasteiger partial charge in [0.15, 0.2) is 5.78 Å². The predicted octanol–water partition coefficient (Wildman–Crippen LogP) is 2.18. The van der Waals surface area contributed by atoms with Crippen molar-refractivity contribution in [2.45, 2.75) is 51.2 Å². The highest BCUT2D eigenvalue weighted by Gasteiger charge is 2.46. The van der Waals surface area contributed by atoms with Gasteiger partial charge in [-0.2, -0.15) is 0 Å². The van der Waals surface area contributed by atoms with E-state index < -0.39 is 11.6 Å². The molecule has 7 nitrogen and oxygen atoms in total. The Labute approximate surface area is 191 Å². The number of anilines is 1. The highest BCUT2D eigenvalue weighted by atomic mass is 16.1. The van der Waals surface area contributed by atoms with Crippen molar-refractivity contribution in [3.63, 3.8) is 0 Å². The van der Waals surface area contributed by atoms with Crippen LogP contribution in [0.3, 0.4) is 0 Å². The second-order valence-electron chi connectivity index (χ2n) is 9.45. The summed E-state index contributed by atoms with van der Waals surface area (Å²) in [6.07, 6.45) is 6.65. The summed E-state index contributed by atoms with van der Waals surface area (Å²) in [4.78, 5) is 33.0. The fourth-order valence-electron chi connectivity index (χ4n) is 4.56. The van der Waals surface area contributed by atoms with Gasteiger partial charge in [-0.3, -0.25) is 14.6 Å². The third-order valence-electron chi connectivity index (χ3n) is 6.10. The van der Waals surface area contributed by atoms with Crippen LogP contribution in [0.4, 0.5) is 5.69 Å². The quantitative estimate of drug-likeness (QED) is 0.520. The van der Waals surface area contributed by atoms with Crippen molar-refractivity contribution >= 4 is 23.6 Å². The molecule has 2 unspecified atom stereocenters. The van der Waals surface area contributed by atoms with Crippen molar-refractivity contribution in [2.24, 2.45) is 10.9 Å². The maximum Gasteiger partial charge on any atom is 0.222 e.